The molecule has 0 saturated heterocycles. The zero-order chi connectivity index (χ0) is 13.7. The van der Waals surface area contributed by atoms with Crippen molar-refractivity contribution < 1.29 is 9.50 Å². The van der Waals surface area contributed by atoms with Crippen LogP contribution < -0.4 is 4.90 Å². The number of halogens is 1. The molecule has 0 fully saturated rings. The highest BCUT2D eigenvalue weighted by Gasteiger charge is 2.12. The van der Waals surface area contributed by atoms with E-state index in [-0.39, 0.29) is 5.82 Å². The highest BCUT2D eigenvalue weighted by atomic mass is 19.1. The van der Waals surface area contributed by atoms with Gasteiger partial charge in [0.25, 0.3) is 0 Å². The summed E-state index contributed by atoms with van der Waals surface area (Å²) >= 11 is 0. The molecule has 1 atom stereocenters. The molecule has 1 aromatic rings. The first-order valence-corrected chi connectivity index (χ1v) is 6.25. The van der Waals surface area contributed by atoms with E-state index >= 15 is 0 Å². The van der Waals surface area contributed by atoms with Gasteiger partial charge in [-0.3, -0.25) is 0 Å². The van der Waals surface area contributed by atoms with Crippen molar-refractivity contribution in [3.05, 3.63) is 29.6 Å². The fourth-order valence-corrected chi connectivity index (χ4v) is 1.95. The second-order valence-corrected chi connectivity index (χ2v) is 4.96. The fraction of sp³-hybridized carbons (Fsp3) is 0.571. The molecule has 0 aliphatic heterocycles. The van der Waals surface area contributed by atoms with Gasteiger partial charge < -0.3 is 14.9 Å². The summed E-state index contributed by atoms with van der Waals surface area (Å²) in [5.41, 5.74) is 1.53. The summed E-state index contributed by atoms with van der Waals surface area (Å²) in [6, 6.07) is 4.57. The van der Waals surface area contributed by atoms with Gasteiger partial charge in [-0.1, -0.05) is 0 Å². The van der Waals surface area contributed by atoms with E-state index in [0.717, 1.165) is 25.2 Å². The molecule has 0 aliphatic carbocycles. The lowest BCUT2D eigenvalue weighted by Gasteiger charge is -2.24. The Balaban J connectivity index is 2.75. The quantitative estimate of drug-likeness (QED) is 0.843. The van der Waals surface area contributed by atoms with E-state index in [0.29, 0.717) is 5.56 Å². The van der Waals surface area contributed by atoms with Crippen molar-refractivity contribution in [2.75, 3.05) is 39.1 Å². The maximum absolute atomic E-state index is 13.2. The van der Waals surface area contributed by atoms with E-state index in [9.17, 15) is 9.50 Å². The second-order valence-electron chi connectivity index (χ2n) is 4.96. The molecule has 3 nitrogen and oxygen atoms in total. The summed E-state index contributed by atoms with van der Waals surface area (Å²) in [6.07, 6.45) is 0.368. The summed E-state index contributed by atoms with van der Waals surface area (Å²) in [7, 11) is 6.05. The minimum atomic E-state index is -0.660. The van der Waals surface area contributed by atoms with Crippen LogP contribution >= 0.6 is 0 Å². The topological polar surface area (TPSA) is 26.7 Å². The summed E-state index contributed by atoms with van der Waals surface area (Å²) in [5.74, 6) is -0.309. The first-order chi connectivity index (χ1) is 8.41. The van der Waals surface area contributed by atoms with Gasteiger partial charge in [-0.2, -0.15) is 0 Å². The van der Waals surface area contributed by atoms with Crippen LogP contribution in [0.4, 0.5) is 10.1 Å². The molecular formula is C14H23FN2O. The minimum absolute atomic E-state index is 0.309. The monoisotopic (exact) mass is 254 g/mol. The molecule has 0 aromatic heterocycles. The number of nitrogens with zero attached hydrogens (tertiary/aromatic N) is 2. The van der Waals surface area contributed by atoms with Crippen LogP contribution in [0.1, 0.15) is 25.0 Å². The maximum atomic E-state index is 13.2. The van der Waals surface area contributed by atoms with Gasteiger partial charge in [-0.25, -0.2) is 4.39 Å². The molecule has 0 aliphatic rings. The third-order valence-electron chi connectivity index (χ3n) is 2.95. The average molecular weight is 254 g/mol. The third-order valence-corrected chi connectivity index (χ3v) is 2.95. The Labute approximate surface area is 109 Å². The number of aliphatic hydroxyl groups is 1. The highest BCUT2D eigenvalue weighted by Crippen LogP contribution is 2.26. The van der Waals surface area contributed by atoms with Crippen molar-refractivity contribution >= 4 is 5.69 Å². The number of hydrogen-bond donors (Lipinski definition) is 1. The molecule has 18 heavy (non-hydrogen) atoms. The van der Waals surface area contributed by atoms with Crippen LogP contribution in [-0.4, -0.2) is 44.2 Å². The van der Waals surface area contributed by atoms with Crippen molar-refractivity contribution in [2.24, 2.45) is 0 Å². The van der Waals surface area contributed by atoms with Crippen LogP contribution in [0.3, 0.4) is 0 Å². The molecule has 1 aromatic carbocycles. The molecule has 102 valence electrons. The Morgan fingerprint density at radius 1 is 1.22 bits per heavy atom. The van der Waals surface area contributed by atoms with Gasteiger partial charge in [0, 0.05) is 24.8 Å². The van der Waals surface area contributed by atoms with Gasteiger partial charge in [0.05, 0.1) is 6.10 Å². The molecule has 0 bridgehead atoms. The Morgan fingerprint density at radius 3 is 2.44 bits per heavy atom. The fourth-order valence-electron chi connectivity index (χ4n) is 1.95. The largest absolute Gasteiger partial charge is 0.389 e. The van der Waals surface area contributed by atoms with E-state index in [4.69, 9.17) is 0 Å². The molecule has 1 N–H and O–H groups in total. The van der Waals surface area contributed by atoms with Crippen LogP contribution in [0.15, 0.2) is 18.2 Å². The van der Waals surface area contributed by atoms with Gasteiger partial charge in [-0.05, 0) is 52.2 Å². The van der Waals surface area contributed by atoms with Crippen molar-refractivity contribution in [3.63, 3.8) is 0 Å². The standard InChI is InChI=1S/C14H23FN2O/c1-11(18)13-10-12(15)6-7-14(13)17(4)9-5-8-16(2)3/h6-7,10-11,18H,5,8-9H2,1-4H3/t11-/m0/s1. The Kier molecular flexibility index (Phi) is 5.56. The van der Waals surface area contributed by atoms with Gasteiger partial charge in [0.2, 0.25) is 0 Å². The molecule has 4 heteroatoms. The van der Waals surface area contributed by atoms with Gasteiger partial charge >= 0.3 is 0 Å². The number of benzene rings is 1. The van der Waals surface area contributed by atoms with E-state index in [2.05, 4.69) is 9.80 Å². The van der Waals surface area contributed by atoms with Gasteiger partial charge in [0.15, 0.2) is 0 Å². The van der Waals surface area contributed by atoms with Crippen LogP contribution in [0.25, 0.3) is 0 Å². The number of aliphatic hydroxyl groups excluding tert-OH is 1. The lowest BCUT2D eigenvalue weighted by Crippen LogP contribution is -2.24. The first-order valence-electron chi connectivity index (χ1n) is 6.25. The molecule has 0 radical (unpaired) electrons. The Hall–Kier alpha value is -1.13. The van der Waals surface area contributed by atoms with E-state index in [1.165, 1.54) is 12.1 Å². The van der Waals surface area contributed by atoms with Crippen LogP contribution in [0, 0.1) is 5.82 Å². The molecule has 0 saturated carbocycles. The summed E-state index contributed by atoms with van der Waals surface area (Å²) in [5, 5.41) is 9.69. The number of rotatable bonds is 6. The maximum Gasteiger partial charge on any atom is 0.123 e. The van der Waals surface area contributed by atoms with Gasteiger partial charge in [0.1, 0.15) is 5.82 Å². The number of anilines is 1. The van der Waals surface area contributed by atoms with Crippen LogP contribution in [-0.2, 0) is 0 Å². The van der Waals surface area contributed by atoms with E-state index in [1.54, 1.807) is 13.0 Å². The molecule has 0 heterocycles. The smallest absolute Gasteiger partial charge is 0.123 e. The van der Waals surface area contributed by atoms with Gasteiger partial charge in [-0.15, -0.1) is 0 Å². The lowest BCUT2D eigenvalue weighted by molar-refractivity contribution is 0.199. The van der Waals surface area contributed by atoms with E-state index in [1.807, 2.05) is 21.1 Å². The summed E-state index contributed by atoms with van der Waals surface area (Å²) in [4.78, 5) is 4.19. The third kappa shape index (κ3) is 4.27. The molecule has 1 rings (SSSR count). The van der Waals surface area contributed by atoms with Crippen molar-refractivity contribution in [2.45, 2.75) is 19.4 Å². The molecule has 0 unspecified atom stereocenters. The lowest BCUT2D eigenvalue weighted by atomic mass is 10.1. The average Bonchev–Trinajstić information content (AvgIpc) is 2.28. The molecule has 0 spiro atoms. The van der Waals surface area contributed by atoms with Crippen molar-refractivity contribution in [3.8, 4) is 0 Å². The predicted octanol–water partition coefficient (Wildman–Crippen LogP) is 2.27. The Bertz CT molecular complexity index is 380. The number of hydrogen-bond acceptors (Lipinski definition) is 3. The van der Waals surface area contributed by atoms with Crippen molar-refractivity contribution in [1.29, 1.82) is 0 Å². The zero-order valence-corrected chi connectivity index (χ0v) is 11.7. The highest BCUT2D eigenvalue weighted by molar-refractivity contribution is 5.54. The summed E-state index contributed by atoms with van der Waals surface area (Å²) < 4.78 is 13.2. The predicted molar refractivity (Wildman–Crippen MR) is 73.5 cm³/mol. The molecular weight excluding hydrogens is 231 g/mol. The van der Waals surface area contributed by atoms with E-state index < -0.39 is 6.10 Å². The summed E-state index contributed by atoms with van der Waals surface area (Å²) in [6.45, 7) is 3.55. The minimum Gasteiger partial charge on any atom is -0.389 e. The first kappa shape index (κ1) is 14.9. The second kappa shape index (κ2) is 6.71. The van der Waals surface area contributed by atoms with Crippen LogP contribution in [0.5, 0.6) is 0 Å². The molecule has 0 amide bonds. The van der Waals surface area contributed by atoms with Crippen LogP contribution in [0.2, 0.25) is 0 Å². The normalized spacial score (nSPS) is 12.8. The zero-order valence-electron chi connectivity index (χ0n) is 11.7. The van der Waals surface area contributed by atoms with Crippen molar-refractivity contribution in [1.82, 2.24) is 4.90 Å². The Morgan fingerprint density at radius 2 is 1.89 bits per heavy atom. The SMILES string of the molecule is C[C@H](O)c1cc(F)ccc1N(C)CCCN(C)C.